The predicted octanol–water partition coefficient (Wildman–Crippen LogP) is 3.21. The number of aryl methyl sites for hydroxylation is 1. The van der Waals surface area contributed by atoms with E-state index in [0.717, 1.165) is 42.5 Å². The Labute approximate surface area is 169 Å². The van der Waals surface area contributed by atoms with Gasteiger partial charge in [-0.1, -0.05) is 6.42 Å². The highest BCUT2D eigenvalue weighted by atomic mass is 32.1. The Morgan fingerprint density at radius 2 is 2.11 bits per heavy atom. The second-order valence-corrected chi connectivity index (χ2v) is 8.63. The average molecular weight is 418 g/mol. The number of thiophene rings is 2. The van der Waals surface area contributed by atoms with Crippen LogP contribution < -0.4 is 10.9 Å². The van der Waals surface area contributed by atoms with Crippen molar-refractivity contribution in [3.63, 3.8) is 0 Å². The molecule has 146 valence electrons. The lowest BCUT2D eigenvalue weighted by molar-refractivity contribution is -0.116. The van der Waals surface area contributed by atoms with Crippen molar-refractivity contribution in [1.29, 1.82) is 0 Å². The lowest BCUT2D eigenvalue weighted by atomic mass is 10.1. The summed E-state index contributed by atoms with van der Waals surface area (Å²) in [7, 11) is 1.34. The number of amides is 1. The molecule has 1 aliphatic rings. The van der Waals surface area contributed by atoms with Gasteiger partial charge in [0.05, 0.1) is 24.4 Å². The summed E-state index contributed by atoms with van der Waals surface area (Å²) in [6, 6.07) is 1.70. The van der Waals surface area contributed by atoms with E-state index in [1.165, 1.54) is 40.7 Å². The molecule has 0 radical (unpaired) electrons. The van der Waals surface area contributed by atoms with Crippen LogP contribution in [0.15, 0.2) is 22.6 Å². The van der Waals surface area contributed by atoms with E-state index in [9.17, 15) is 14.4 Å². The molecule has 1 amide bonds. The van der Waals surface area contributed by atoms with Crippen LogP contribution in [-0.2, 0) is 28.9 Å². The lowest BCUT2D eigenvalue weighted by Gasteiger charge is -2.08. The first kappa shape index (κ1) is 18.8. The van der Waals surface area contributed by atoms with Gasteiger partial charge in [0.25, 0.3) is 5.56 Å². The zero-order valence-electron chi connectivity index (χ0n) is 15.3. The van der Waals surface area contributed by atoms with Crippen molar-refractivity contribution in [3.8, 4) is 0 Å². The average Bonchev–Trinajstić information content (AvgIpc) is 3.22. The number of ether oxygens (including phenoxy) is 1. The molecule has 0 fully saturated rings. The van der Waals surface area contributed by atoms with Gasteiger partial charge in [-0.15, -0.1) is 22.7 Å². The summed E-state index contributed by atoms with van der Waals surface area (Å²) in [5.41, 5.74) is 1.19. The Balaban J connectivity index is 1.61. The first-order valence-electron chi connectivity index (χ1n) is 9.04. The minimum atomic E-state index is -0.437. The quantitative estimate of drug-likeness (QED) is 0.520. The molecular weight excluding hydrogens is 398 g/mol. The fraction of sp³-hybridized carbons (Fsp3) is 0.368. The van der Waals surface area contributed by atoms with Crippen LogP contribution in [0.1, 0.15) is 40.1 Å². The Kier molecular flexibility index (Phi) is 5.27. The number of fused-ring (bicyclic) bond motifs is 2. The maximum atomic E-state index is 12.6. The summed E-state index contributed by atoms with van der Waals surface area (Å²) in [5.74, 6) is -0.812. The molecule has 0 spiro atoms. The van der Waals surface area contributed by atoms with Gasteiger partial charge in [0, 0.05) is 4.88 Å². The van der Waals surface area contributed by atoms with Crippen LogP contribution in [0.25, 0.3) is 10.2 Å². The molecule has 9 heteroatoms. The third kappa shape index (κ3) is 3.47. The summed E-state index contributed by atoms with van der Waals surface area (Å²) in [6.45, 7) is -0.166. The highest BCUT2D eigenvalue weighted by Gasteiger charge is 2.26. The number of esters is 1. The van der Waals surface area contributed by atoms with Crippen molar-refractivity contribution < 1.29 is 14.3 Å². The van der Waals surface area contributed by atoms with Crippen LogP contribution in [0.3, 0.4) is 0 Å². The normalized spacial score (nSPS) is 13.8. The van der Waals surface area contributed by atoms with Gasteiger partial charge in [-0.25, -0.2) is 9.78 Å². The topological polar surface area (TPSA) is 90.3 Å². The van der Waals surface area contributed by atoms with E-state index in [0.29, 0.717) is 20.8 Å². The largest absolute Gasteiger partial charge is 0.465 e. The van der Waals surface area contributed by atoms with E-state index in [4.69, 9.17) is 4.74 Å². The van der Waals surface area contributed by atoms with Gasteiger partial charge < -0.3 is 10.1 Å². The number of rotatable bonds is 4. The molecule has 0 atom stereocenters. The Morgan fingerprint density at radius 1 is 1.29 bits per heavy atom. The summed E-state index contributed by atoms with van der Waals surface area (Å²) in [4.78, 5) is 43.4. The monoisotopic (exact) mass is 417 g/mol. The molecule has 0 aliphatic heterocycles. The second-order valence-electron chi connectivity index (χ2n) is 6.63. The maximum Gasteiger partial charge on any atom is 0.341 e. The molecule has 3 aromatic rings. The van der Waals surface area contributed by atoms with E-state index < -0.39 is 5.97 Å². The maximum absolute atomic E-state index is 12.6. The third-order valence-electron chi connectivity index (χ3n) is 4.83. The summed E-state index contributed by atoms with van der Waals surface area (Å²) in [5, 5.41) is 5.61. The fourth-order valence-electron chi connectivity index (χ4n) is 3.48. The van der Waals surface area contributed by atoms with Crippen molar-refractivity contribution in [2.45, 2.75) is 38.6 Å². The van der Waals surface area contributed by atoms with Gasteiger partial charge in [0.2, 0.25) is 5.91 Å². The molecular formula is C19H19N3O4S2. The van der Waals surface area contributed by atoms with Gasteiger partial charge in [-0.3, -0.25) is 14.2 Å². The SMILES string of the molecule is COC(=O)c1c(NC(=O)Cn2cnc3sccc3c2=O)sc2c1CCCCC2. The Hall–Kier alpha value is -2.52. The minimum Gasteiger partial charge on any atom is -0.465 e. The smallest absolute Gasteiger partial charge is 0.341 e. The predicted molar refractivity (Wildman–Crippen MR) is 109 cm³/mol. The van der Waals surface area contributed by atoms with Crippen LogP contribution in [0.4, 0.5) is 5.00 Å². The number of carbonyl (C=O) groups is 2. The highest BCUT2D eigenvalue weighted by Crippen LogP contribution is 2.37. The third-order valence-corrected chi connectivity index (χ3v) is 6.86. The summed E-state index contributed by atoms with van der Waals surface area (Å²) >= 11 is 2.81. The first-order chi connectivity index (χ1) is 13.6. The van der Waals surface area contributed by atoms with Gasteiger partial charge in [0.1, 0.15) is 16.4 Å². The molecule has 0 bridgehead atoms. The fourth-order valence-corrected chi connectivity index (χ4v) is 5.49. The van der Waals surface area contributed by atoms with E-state index in [1.54, 1.807) is 11.4 Å². The van der Waals surface area contributed by atoms with Crippen LogP contribution in [0, 0.1) is 0 Å². The number of nitrogens with zero attached hydrogens (tertiary/aromatic N) is 2. The van der Waals surface area contributed by atoms with Crippen LogP contribution >= 0.6 is 22.7 Å². The van der Waals surface area contributed by atoms with Gasteiger partial charge in [-0.2, -0.15) is 0 Å². The molecule has 3 heterocycles. The number of aromatic nitrogens is 2. The second kappa shape index (κ2) is 7.84. The van der Waals surface area contributed by atoms with Gasteiger partial charge in [0.15, 0.2) is 0 Å². The summed E-state index contributed by atoms with van der Waals surface area (Å²) < 4.78 is 6.23. The van der Waals surface area contributed by atoms with E-state index in [-0.39, 0.29) is 18.0 Å². The highest BCUT2D eigenvalue weighted by molar-refractivity contribution is 7.17. The Morgan fingerprint density at radius 3 is 2.93 bits per heavy atom. The zero-order chi connectivity index (χ0) is 19.7. The molecule has 1 aliphatic carbocycles. The number of hydrogen-bond donors (Lipinski definition) is 1. The van der Waals surface area contributed by atoms with Crippen molar-refractivity contribution >= 4 is 49.8 Å². The standard InChI is InChI=1S/C19H19N3O4S2/c1-26-19(25)15-11-5-3-2-4-6-13(11)28-17(15)21-14(23)9-22-10-20-16-12(18(22)24)7-8-27-16/h7-8,10H,2-6,9H2,1H3,(H,21,23). The Bertz CT molecular complexity index is 1110. The number of anilines is 1. The molecule has 0 saturated carbocycles. The number of hydrogen-bond acceptors (Lipinski definition) is 7. The van der Waals surface area contributed by atoms with Crippen molar-refractivity contribution in [2.75, 3.05) is 12.4 Å². The van der Waals surface area contributed by atoms with Crippen LogP contribution in [0.2, 0.25) is 0 Å². The van der Waals surface area contributed by atoms with Crippen molar-refractivity contribution in [2.24, 2.45) is 0 Å². The number of nitrogens with one attached hydrogen (secondary N) is 1. The lowest BCUT2D eigenvalue weighted by Crippen LogP contribution is -2.27. The number of carbonyl (C=O) groups excluding carboxylic acids is 2. The van der Waals surface area contributed by atoms with E-state index in [2.05, 4.69) is 10.3 Å². The molecule has 1 N–H and O–H groups in total. The first-order valence-corrected chi connectivity index (χ1v) is 10.7. The molecule has 4 rings (SSSR count). The van der Waals surface area contributed by atoms with Gasteiger partial charge >= 0.3 is 5.97 Å². The number of methoxy groups -OCH3 is 1. The molecule has 0 aromatic carbocycles. The van der Waals surface area contributed by atoms with E-state index >= 15 is 0 Å². The van der Waals surface area contributed by atoms with Crippen molar-refractivity contribution in [3.05, 3.63) is 44.1 Å². The molecule has 7 nitrogen and oxygen atoms in total. The van der Waals surface area contributed by atoms with Crippen LogP contribution in [0.5, 0.6) is 0 Å². The zero-order valence-corrected chi connectivity index (χ0v) is 17.0. The molecule has 0 saturated heterocycles. The van der Waals surface area contributed by atoms with Gasteiger partial charge in [-0.05, 0) is 42.7 Å². The van der Waals surface area contributed by atoms with E-state index in [1.807, 2.05) is 0 Å². The molecule has 3 aromatic heterocycles. The molecule has 28 heavy (non-hydrogen) atoms. The summed E-state index contributed by atoms with van der Waals surface area (Å²) in [6.07, 6.45) is 6.31. The van der Waals surface area contributed by atoms with Crippen molar-refractivity contribution in [1.82, 2.24) is 9.55 Å². The van der Waals surface area contributed by atoms with Crippen LogP contribution in [-0.4, -0.2) is 28.5 Å². The minimum absolute atomic E-state index is 0.166. The molecule has 0 unspecified atom stereocenters.